The summed E-state index contributed by atoms with van der Waals surface area (Å²) in [5.41, 5.74) is 4.35. The largest absolute Gasteiger partial charge is 0.454 e. The number of benzene rings is 4. The molecule has 4 aliphatic heterocycles. The highest BCUT2D eigenvalue weighted by Gasteiger charge is 2.25. The van der Waals surface area contributed by atoms with Crippen LogP contribution in [0.4, 0.5) is 0 Å². The van der Waals surface area contributed by atoms with Gasteiger partial charge in [-0.1, -0.05) is 59.2 Å². The highest BCUT2D eigenvalue weighted by molar-refractivity contribution is 7.99. The Morgan fingerprint density at radius 3 is 1.29 bits per heavy atom. The molecule has 2 saturated heterocycles. The molecule has 12 nitrogen and oxygen atoms in total. The van der Waals surface area contributed by atoms with Gasteiger partial charge in [-0.2, -0.15) is 0 Å². The molecule has 4 amide bonds. The van der Waals surface area contributed by atoms with Crippen LogP contribution in [0.25, 0.3) is 34.4 Å². The Bertz CT molecular complexity index is 2240. The van der Waals surface area contributed by atoms with Gasteiger partial charge in [-0.05, 0) is 70.8 Å². The van der Waals surface area contributed by atoms with Gasteiger partial charge >= 0.3 is 0 Å². The lowest BCUT2D eigenvalue weighted by Gasteiger charge is -2.33. The molecule has 0 aromatic heterocycles. The Kier molecular flexibility index (Phi) is 11.8. The van der Waals surface area contributed by atoms with Crippen LogP contribution < -0.4 is 18.9 Å². The summed E-state index contributed by atoms with van der Waals surface area (Å²) in [6.45, 7) is 7.07. The summed E-state index contributed by atoms with van der Waals surface area (Å²) in [7, 11) is 0. The van der Waals surface area contributed by atoms with Crippen molar-refractivity contribution in [2.45, 2.75) is 23.6 Å². The van der Waals surface area contributed by atoms with Gasteiger partial charge in [0.1, 0.15) is 0 Å². The van der Waals surface area contributed by atoms with E-state index in [0.717, 1.165) is 11.1 Å². The summed E-state index contributed by atoms with van der Waals surface area (Å²) in [5.74, 6) is 2.10. The second kappa shape index (κ2) is 17.3. The predicted molar refractivity (Wildman–Crippen MR) is 226 cm³/mol. The van der Waals surface area contributed by atoms with Crippen LogP contribution in [0.1, 0.15) is 25.0 Å². The molecular formula is C44H40Cl2N4O8S. The van der Waals surface area contributed by atoms with Crippen molar-refractivity contribution < 1.29 is 38.1 Å². The number of carbonyl (C=O) groups is 4. The summed E-state index contributed by atoms with van der Waals surface area (Å²) < 4.78 is 22.6. The number of carbonyl (C=O) groups excluding carboxylic acids is 4. The Balaban J connectivity index is 1.12. The van der Waals surface area contributed by atoms with Crippen LogP contribution >= 0.6 is 35.0 Å². The molecule has 0 bridgehead atoms. The number of amides is 4. The zero-order valence-electron chi connectivity index (χ0n) is 32.4. The minimum atomic E-state index is -0.159. The minimum Gasteiger partial charge on any atom is -0.454 e. The van der Waals surface area contributed by atoms with Crippen molar-refractivity contribution in [1.29, 1.82) is 0 Å². The molecule has 4 heterocycles. The fourth-order valence-corrected chi connectivity index (χ4v) is 9.09. The second-order valence-corrected chi connectivity index (χ2v) is 16.1. The monoisotopic (exact) mass is 854 g/mol. The summed E-state index contributed by atoms with van der Waals surface area (Å²) >= 11 is 16.1. The third-order valence-corrected chi connectivity index (χ3v) is 12.8. The second-order valence-electron chi connectivity index (χ2n) is 14.3. The molecule has 0 radical (unpaired) electrons. The van der Waals surface area contributed by atoms with Crippen LogP contribution in [-0.2, 0) is 19.2 Å². The molecule has 304 valence electrons. The maximum absolute atomic E-state index is 13.3. The van der Waals surface area contributed by atoms with Gasteiger partial charge < -0.3 is 38.5 Å². The van der Waals surface area contributed by atoms with Gasteiger partial charge in [0.15, 0.2) is 23.0 Å². The number of rotatable bonds is 8. The number of ether oxygens (including phenoxy) is 4. The first kappa shape index (κ1) is 40.2. The maximum atomic E-state index is 13.3. The number of fused-ring (bicyclic) bond motifs is 2. The van der Waals surface area contributed by atoms with Crippen LogP contribution in [0.5, 0.6) is 23.0 Å². The maximum Gasteiger partial charge on any atom is 0.246 e. The predicted octanol–water partition coefficient (Wildman–Crippen LogP) is 7.34. The lowest BCUT2D eigenvalue weighted by atomic mass is 9.98. The molecule has 4 aliphatic rings. The first-order valence-electron chi connectivity index (χ1n) is 19.1. The average molecular weight is 856 g/mol. The quantitative estimate of drug-likeness (QED) is 0.168. The highest BCUT2D eigenvalue weighted by atomic mass is 35.5. The van der Waals surface area contributed by atoms with E-state index >= 15 is 0 Å². The molecule has 8 rings (SSSR count). The van der Waals surface area contributed by atoms with E-state index in [-0.39, 0.29) is 37.2 Å². The molecule has 0 spiro atoms. The summed E-state index contributed by atoms with van der Waals surface area (Å²) in [6, 6.07) is 18.8. The van der Waals surface area contributed by atoms with Crippen LogP contribution in [-0.4, -0.2) is 109 Å². The van der Waals surface area contributed by atoms with Crippen LogP contribution in [0, 0.1) is 0 Å². The van der Waals surface area contributed by atoms with E-state index in [9.17, 15) is 19.2 Å². The van der Waals surface area contributed by atoms with Gasteiger partial charge in [-0.25, -0.2) is 0 Å². The normalized spacial score (nSPS) is 16.1. The number of nitrogens with zero attached hydrogens (tertiary/aromatic N) is 4. The Morgan fingerprint density at radius 1 is 0.525 bits per heavy atom. The minimum absolute atomic E-state index is 0.00318. The SMILES string of the molecule is CC(=O)N1CCN(C(=O)/C=C/c2ccc(Sc3ccc(/C=C/C(=O)N4CCN(C(C)=O)CC4)c(-c4ccc5c(c4)OCO5)c3Cl)c(Cl)c2-c2ccc3c(c2)OCO3)CC1. The lowest BCUT2D eigenvalue weighted by molar-refractivity contribution is -0.135. The molecule has 0 saturated carbocycles. The topological polar surface area (TPSA) is 118 Å². The third-order valence-electron chi connectivity index (χ3n) is 10.7. The Labute approximate surface area is 355 Å². The Hall–Kier alpha value is -5.63. The number of halogens is 2. The molecule has 0 N–H and O–H groups in total. The van der Waals surface area contributed by atoms with E-state index in [2.05, 4.69) is 0 Å². The van der Waals surface area contributed by atoms with Gasteiger partial charge in [0.25, 0.3) is 0 Å². The van der Waals surface area contributed by atoms with Gasteiger partial charge in [-0.15, -0.1) is 0 Å². The smallest absolute Gasteiger partial charge is 0.246 e. The van der Waals surface area contributed by atoms with Gasteiger partial charge in [0, 0.05) is 99.3 Å². The van der Waals surface area contributed by atoms with E-state index in [1.54, 1.807) is 31.8 Å². The van der Waals surface area contributed by atoms with Crippen molar-refractivity contribution >= 4 is 70.7 Å². The molecule has 15 heteroatoms. The van der Waals surface area contributed by atoms with E-state index in [0.29, 0.717) is 117 Å². The van der Waals surface area contributed by atoms with Crippen molar-refractivity contribution in [3.05, 3.63) is 94.0 Å². The molecule has 0 unspecified atom stereocenters. The zero-order chi connectivity index (χ0) is 41.2. The van der Waals surface area contributed by atoms with Gasteiger partial charge in [-0.3, -0.25) is 19.2 Å². The zero-order valence-corrected chi connectivity index (χ0v) is 34.7. The molecule has 59 heavy (non-hydrogen) atoms. The summed E-state index contributed by atoms with van der Waals surface area (Å²) in [6.07, 6.45) is 6.60. The van der Waals surface area contributed by atoms with E-state index in [1.807, 2.05) is 60.7 Å². The fourth-order valence-electron chi connectivity index (χ4n) is 7.40. The molecule has 4 aromatic rings. The van der Waals surface area contributed by atoms with Crippen LogP contribution in [0.2, 0.25) is 10.0 Å². The number of hydrogen-bond acceptors (Lipinski definition) is 9. The van der Waals surface area contributed by atoms with E-state index in [1.165, 1.54) is 37.8 Å². The van der Waals surface area contributed by atoms with Crippen LogP contribution in [0.15, 0.2) is 82.6 Å². The van der Waals surface area contributed by atoms with Crippen molar-refractivity contribution in [3.8, 4) is 45.3 Å². The van der Waals surface area contributed by atoms with Crippen molar-refractivity contribution in [1.82, 2.24) is 19.6 Å². The highest BCUT2D eigenvalue weighted by Crippen LogP contribution is 2.48. The molecule has 0 aliphatic carbocycles. The lowest BCUT2D eigenvalue weighted by Crippen LogP contribution is -2.49. The number of piperazine rings is 2. The van der Waals surface area contributed by atoms with Gasteiger partial charge in [0.2, 0.25) is 37.2 Å². The fraction of sp³-hybridized carbons (Fsp3) is 0.273. The molecule has 2 fully saturated rings. The third kappa shape index (κ3) is 8.59. The average Bonchev–Trinajstić information content (AvgIpc) is 3.93. The van der Waals surface area contributed by atoms with E-state index < -0.39 is 0 Å². The Morgan fingerprint density at radius 2 is 0.898 bits per heavy atom. The van der Waals surface area contributed by atoms with Crippen molar-refractivity contribution in [2.75, 3.05) is 65.9 Å². The molecule has 4 aromatic carbocycles. The van der Waals surface area contributed by atoms with Crippen molar-refractivity contribution in [3.63, 3.8) is 0 Å². The van der Waals surface area contributed by atoms with Crippen molar-refractivity contribution in [2.24, 2.45) is 0 Å². The molecular weight excluding hydrogens is 815 g/mol. The summed E-state index contributed by atoms with van der Waals surface area (Å²) in [5, 5.41) is 0.886. The van der Waals surface area contributed by atoms with E-state index in [4.69, 9.17) is 42.1 Å². The number of hydrogen-bond donors (Lipinski definition) is 0. The van der Waals surface area contributed by atoms with Gasteiger partial charge in [0.05, 0.1) is 10.0 Å². The standard InChI is InChI=1S/C44H40Cl2N4O8S/c1-27(51)47-15-19-49(20-16-47)39(53)13-7-29-5-11-37(43(45)41(29)31-3-9-33-35(23-31)57-25-55-33)59-38-12-6-30(8-14-40(54)50-21-17-48(18-22-50)28(2)52)42(44(38)46)32-4-10-34-36(24-32)58-26-56-34/h3-14,23-24H,15-22,25-26H2,1-2H3/b13-7+,14-8+. The first-order valence-corrected chi connectivity index (χ1v) is 20.7. The molecule has 0 atom stereocenters. The summed E-state index contributed by atoms with van der Waals surface area (Å²) in [4.78, 5) is 58.6. The first-order chi connectivity index (χ1) is 28.5. The van der Waals surface area contributed by atoms with Crippen LogP contribution in [0.3, 0.4) is 0 Å².